The van der Waals surface area contributed by atoms with E-state index in [2.05, 4.69) is 24.3 Å². The van der Waals surface area contributed by atoms with Crippen molar-refractivity contribution in [2.75, 3.05) is 0 Å². The van der Waals surface area contributed by atoms with Gasteiger partial charge in [-0.1, -0.05) is 78.9 Å². The first-order chi connectivity index (χ1) is 15.8. The number of hydrogen-bond acceptors (Lipinski definition) is 5. The fraction of sp³-hybridized carbons (Fsp3) is 0.222. The zero-order valence-corrected chi connectivity index (χ0v) is 19.3. The summed E-state index contributed by atoms with van der Waals surface area (Å²) >= 11 is 0. The van der Waals surface area contributed by atoms with Crippen molar-refractivity contribution >= 4 is 12.8 Å². The molecule has 1 aliphatic rings. The fourth-order valence-electron chi connectivity index (χ4n) is 3.76. The van der Waals surface area contributed by atoms with E-state index in [-0.39, 0.29) is 0 Å². The highest BCUT2D eigenvalue weighted by Gasteiger charge is 2.53. The maximum absolute atomic E-state index is 6.25. The summed E-state index contributed by atoms with van der Waals surface area (Å²) < 4.78 is 12.5. The molecular weight excluding hydrogens is 409 g/mol. The maximum atomic E-state index is 6.25. The first-order valence-corrected chi connectivity index (χ1v) is 11.2. The Hall–Kier alpha value is -3.35. The lowest BCUT2D eigenvalue weighted by Crippen LogP contribution is -2.41. The highest BCUT2D eigenvalue weighted by molar-refractivity contribution is 6.60. The van der Waals surface area contributed by atoms with Gasteiger partial charge in [-0.05, 0) is 44.9 Å². The summed E-state index contributed by atoms with van der Waals surface area (Å²) in [5.41, 5.74) is 3.58. The van der Waals surface area contributed by atoms with Crippen LogP contribution in [0.15, 0.2) is 84.9 Å². The van der Waals surface area contributed by atoms with Crippen molar-refractivity contribution < 1.29 is 9.31 Å². The topological polar surface area (TPSA) is 57.1 Å². The third kappa shape index (κ3) is 4.20. The van der Waals surface area contributed by atoms with Crippen LogP contribution in [0.4, 0.5) is 0 Å². The Morgan fingerprint density at radius 3 is 1.64 bits per heavy atom. The molecule has 6 heteroatoms. The molecule has 0 amide bonds. The van der Waals surface area contributed by atoms with E-state index in [1.807, 2.05) is 88.4 Å². The van der Waals surface area contributed by atoms with Gasteiger partial charge < -0.3 is 9.31 Å². The average molecular weight is 435 g/mol. The van der Waals surface area contributed by atoms with E-state index in [0.29, 0.717) is 17.4 Å². The molecule has 0 aliphatic carbocycles. The molecule has 1 aromatic heterocycles. The van der Waals surface area contributed by atoms with Crippen LogP contribution in [-0.2, 0) is 9.31 Å². The molecule has 0 spiro atoms. The predicted octanol–water partition coefficient (Wildman–Crippen LogP) is 5.17. The summed E-state index contributed by atoms with van der Waals surface area (Å²) in [6.45, 7) is 8.10. The molecule has 1 saturated heterocycles. The van der Waals surface area contributed by atoms with Crippen molar-refractivity contribution in [1.29, 1.82) is 0 Å². The molecule has 4 aromatic rings. The second kappa shape index (κ2) is 8.21. The molecule has 1 aliphatic heterocycles. The number of hydrogen-bond donors (Lipinski definition) is 0. The normalized spacial score (nSPS) is 16.7. The molecule has 1 fully saturated rings. The van der Waals surface area contributed by atoms with E-state index < -0.39 is 18.3 Å². The molecule has 0 radical (unpaired) electrons. The van der Waals surface area contributed by atoms with Crippen LogP contribution >= 0.6 is 0 Å². The van der Waals surface area contributed by atoms with Crippen LogP contribution in [0.2, 0.25) is 0 Å². The Morgan fingerprint density at radius 2 is 1.03 bits per heavy atom. The van der Waals surface area contributed by atoms with Gasteiger partial charge in [-0.25, -0.2) is 15.0 Å². The molecule has 2 heterocycles. The van der Waals surface area contributed by atoms with E-state index in [9.17, 15) is 0 Å². The lowest BCUT2D eigenvalue weighted by molar-refractivity contribution is 0.00578. The molecule has 3 aromatic carbocycles. The number of aromatic nitrogens is 3. The van der Waals surface area contributed by atoms with Crippen LogP contribution < -0.4 is 5.72 Å². The monoisotopic (exact) mass is 435 g/mol. The van der Waals surface area contributed by atoms with Crippen LogP contribution in [-0.4, -0.2) is 33.3 Å². The van der Waals surface area contributed by atoms with E-state index in [0.717, 1.165) is 22.3 Å². The van der Waals surface area contributed by atoms with Crippen LogP contribution in [0, 0.1) is 0 Å². The summed E-state index contributed by atoms with van der Waals surface area (Å²) in [5, 5.41) is 0. The molecule has 0 saturated carbocycles. The van der Waals surface area contributed by atoms with Gasteiger partial charge >= 0.3 is 7.12 Å². The zero-order valence-electron chi connectivity index (χ0n) is 19.3. The second-order valence-electron chi connectivity index (χ2n) is 9.24. The van der Waals surface area contributed by atoms with E-state index in [4.69, 9.17) is 24.3 Å². The summed E-state index contributed by atoms with van der Waals surface area (Å²) in [5.74, 6) is 1.18. The van der Waals surface area contributed by atoms with Crippen molar-refractivity contribution in [1.82, 2.24) is 15.0 Å². The number of benzene rings is 3. The summed E-state index contributed by atoms with van der Waals surface area (Å²) in [6.07, 6.45) is 0. The minimum atomic E-state index is -0.670. The summed E-state index contributed by atoms with van der Waals surface area (Å²) in [4.78, 5) is 14.4. The average Bonchev–Trinajstić information content (AvgIpc) is 3.07. The van der Waals surface area contributed by atoms with E-state index in [1.54, 1.807) is 0 Å². The summed E-state index contributed by atoms with van der Waals surface area (Å²) in [7, 11) is -0.670. The molecule has 33 heavy (non-hydrogen) atoms. The maximum Gasteiger partial charge on any atom is 0.534 e. The largest absolute Gasteiger partial charge is 0.534 e. The van der Waals surface area contributed by atoms with Gasteiger partial charge in [-0.3, -0.25) is 0 Å². The van der Waals surface area contributed by atoms with Crippen LogP contribution in [0.3, 0.4) is 0 Å². The smallest absolute Gasteiger partial charge is 0.397 e. The van der Waals surface area contributed by atoms with Crippen molar-refractivity contribution in [2.45, 2.75) is 38.9 Å². The number of nitrogens with zero attached hydrogens (tertiary/aromatic N) is 3. The van der Waals surface area contributed by atoms with Gasteiger partial charge in [0.25, 0.3) is 0 Å². The number of rotatable bonds is 4. The van der Waals surface area contributed by atoms with Gasteiger partial charge in [0.1, 0.15) is 0 Å². The van der Waals surface area contributed by atoms with Gasteiger partial charge in [0.2, 0.25) is 0 Å². The highest BCUT2D eigenvalue weighted by atomic mass is 16.7. The molecule has 5 rings (SSSR count). The van der Waals surface area contributed by atoms with Crippen molar-refractivity contribution in [3.05, 3.63) is 84.9 Å². The molecule has 0 atom stereocenters. The minimum absolute atomic E-state index is 0.475. The first-order valence-electron chi connectivity index (χ1n) is 11.2. The van der Waals surface area contributed by atoms with Crippen LogP contribution in [0.5, 0.6) is 0 Å². The Kier molecular flexibility index (Phi) is 5.35. The molecule has 5 nitrogen and oxygen atoms in total. The zero-order chi connectivity index (χ0) is 23.1. The Morgan fingerprint density at radius 1 is 0.545 bits per heavy atom. The van der Waals surface area contributed by atoms with Gasteiger partial charge in [0, 0.05) is 11.1 Å². The quantitative estimate of drug-likeness (QED) is 0.414. The van der Waals surface area contributed by atoms with Gasteiger partial charge in [-0.2, -0.15) is 0 Å². The van der Waals surface area contributed by atoms with Crippen molar-refractivity contribution in [3.63, 3.8) is 0 Å². The van der Waals surface area contributed by atoms with Gasteiger partial charge in [-0.15, -0.1) is 0 Å². The second-order valence-corrected chi connectivity index (χ2v) is 9.24. The van der Waals surface area contributed by atoms with Crippen molar-refractivity contribution in [2.24, 2.45) is 0 Å². The minimum Gasteiger partial charge on any atom is -0.397 e. The van der Waals surface area contributed by atoms with Crippen molar-refractivity contribution in [3.8, 4) is 33.9 Å². The highest BCUT2D eigenvalue weighted by Crippen LogP contribution is 2.36. The Labute approximate surface area is 195 Å². The van der Waals surface area contributed by atoms with E-state index in [1.165, 1.54) is 0 Å². The first kappa shape index (κ1) is 21.5. The predicted molar refractivity (Wildman–Crippen MR) is 132 cm³/mol. The molecule has 0 bridgehead atoms. The Bertz CT molecular complexity index is 1260. The lowest BCUT2D eigenvalue weighted by atomic mass is 9.89. The van der Waals surface area contributed by atoms with E-state index >= 15 is 0 Å². The molecule has 0 unspecified atom stereocenters. The molecule has 164 valence electrons. The SMILES string of the molecule is CC1(C)OB(c2nc(-c3ccccc3)nc(-c3cccc(-c4ccccc4)c3)n2)OC1(C)C. The molecular formula is C27H26BN3O2. The van der Waals surface area contributed by atoms with Crippen LogP contribution in [0.25, 0.3) is 33.9 Å². The summed E-state index contributed by atoms with van der Waals surface area (Å²) in [6, 6.07) is 28.4. The van der Waals surface area contributed by atoms with Gasteiger partial charge in [0.15, 0.2) is 17.4 Å². The standard InChI is InChI=1S/C27H26BN3O2/c1-26(2)27(3,4)33-28(32-26)25-30-23(20-14-9-6-10-15-20)29-24(31-25)22-17-11-16-21(18-22)19-12-7-5-8-13-19/h5-18H,1-4H3. The van der Waals surface area contributed by atoms with Gasteiger partial charge in [0.05, 0.1) is 11.2 Å². The fourth-order valence-corrected chi connectivity index (χ4v) is 3.76. The molecule has 0 N–H and O–H groups in total. The third-order valence-electron chi connectivity index (χ3n) is 6.38. The Balaban J connectivity index is 1.62. The lowest BCUT2D eigenvalue weighted by Gasteiger charge is -2.32. The third-order valence-corrected chi connectivity index (χ3v) is 6.38. The van der Waals surface area contributed by atoms with Crippen LogP contribution in [0.1, 0.15) is 27.7 Å².